The fourth-order valence-electron chi connectivity index (χ4n) is 4.63. The molecular formula is C22H29NO. The standard InChI is InChI=1S/C22H29NO/c1-21(13-18-9-5-3-6-10-18)15-20(17-24)16-22(2,23-21)14-19-11-7-4-8-12-19/h3-12,20,23-24H,13-17H2,1-2H3. The Balaban J connectivity index is 1.80. The average Bonchev–Trinajstić information content (AvgIpc) is 2.55. The van der Waals surface area contributed by atoms with Crippen LogP contribution in [0, 0.1) is 5.92 Å². The number of nitrogens with one attached hydrogen (secondary N) is 1. The van der Waals surface area contributed by atoms with Crippen LogP contribution in [0.25, 0.3) is 0 Å². The van der Waals surface area contributed by atoms with Crippen LogP contribution in [0.3, 0.4) is 0 Å². The lowest BCUT2D eigenvalue weighted by molar-refractivity contribution is 0.0682. The van der Waals surface area contributed by atoms with Crippen molar-refractivity contribution in [3.05, 3.63) is 71.8 Å². The Kier molecular flexibility index (Phi) is 5.07. The van der Waals surface area contributed by atoms with Crippen molar-refractivity contribution < 1.29 is 5.11 Å². The molecule has 2 unspecified atom stereocenters. The van der Waals surface area contributed by atoms with Gasteiger partial charge in [-0.25, -0.2) is 0 Å². The van der Waals surface area contributed by atoms with Crippen molar-refractivity contribution in [1.29, 1.82) is 0 Å². The highest BCUT2D eigenvalue weighted by atomic mass is 16.3. The summed E-state index contributed by atoms with van der Waals surface area (Å²) >= 11 is 0. The molecule has 2 aromatic carbocycles. The summed E-state index contributed by atoms with van der Waals surface area (Å²) in [5.41, 5.74) is 2.73. The molecule has 0 aliphatic carbocycles. The number of aliphatic hydroxyl groups excluding tert-OH is 1. The molecule has 0 amide bonds. The van der Waals surface area contributed by atoms with Gasteiger partial charge in [0, 0.05) is 17.7 Å². The van der Waals surface area contributed by atoms with Crippen LogP contribution >= 0.6 is 0 Å². The Bertz CT molecular complexity index is 586. The molecule has 0 saturated carbocycles. The minimum absolute atomic E-state index is 0.0104. The first-order chi connectivity index (χ1) is 11.5. The molecular weight excluding hydrogens is 294 g/mol. The first-order valence-corrected chi connectivity index (χ1v) is 8.98. The molecule has 2 N–H and O–H groups in total. The van der Waals surface area contributed by atoms with Gasteiger partial charge in [0.1, 0.15) is 0 Å². The van der Waals surface area contributed by atoms with Gasteiger partial charge in [0.25, 0.3) is 0 Å². The van der Waals surface area contributed by atoms with E-state index in [-0.39, 0.29) is 17.7 Å². The molecule has 2 heteroatoms. The number of hydrogen-bond donors (Lipinski definition) is 2. The quantitative estimate of drug-likeness (QED) is 0.872. The second-order valence-corrected chi connectivity index (χ2v) is 8.03. The minimum Gasteiger partial charge on any atom is -0.396 e. The van der Waals surface area contributed by atoms with Gasteiger partial charge in [-0.15, -0.1) is 0 Å². The van der Waals surface area contributed by atoms with Crippen LogP contribution in [-0.2, 0) is 12.8 Å². The van der Waals surface area contributed by atoms with E-state index in [9.17, 15) is 5.11 Å². The molecule has 3 rings (SSSR count). The van der Waals surface area contributed by atoms with Crippen molar-refractivity contribution >= 4 is 0 Å². The predicted octanol–water partition coefficient (Wildman–Crippen LogP) is 3.98. The molecule has 2 nitrogen and oxygen atoms in total. The second kappa shape index (κ2) is 7.08. The smallest absolute Gasteiger partial charge is 0.0460 e. The monoisotopic (exact) mass is 323 g/mol. The van der Waals surface area contributed by atoms with Crippen LogP contribution in [0.5, 0.6) is 0 Å². The van der Waals surface area contributed by atoms with Gasteiger partial charge >= 0.3 is 0 Å². The minimum atomic E-state index is 0.0104. The summed E-state index contributed by atoms with van der Waals surface area (Å²) in [6.45, 7) is 4.90. The molecule has 0 bridgehead atoms. The zero-order chi connectivity index (χ0) is 17.0. The van der Waals surface area contributed by atoms with Crippen LogP contribution in [0.2, 0.25) is 0 Å². The number of aliphatic hydroxyl groups is 1. The highest BCUT2D eigenvalue weighted by molar-refractivity contribution is 5.22. The van der Waals surface area contributed by atoms with Gasteiger partial charge in [-0.3, -0.25) is 0 Å². The molecule has 24 heavy (non-hydrogen) atoms. The summed E-state index contributed by atoms with van der Waals surface area (Å²) in [6.07, 6.45) is 4.02. The van der Waals surface area contributed by atoms with Gasteiger partial charge in [0.15, 0.2) is 0 Å². The van der Waals surface area contributed by atoms with Gasteiger partial charge in [0.2, 0.25) is 0 Å². The third-order valence-corrected chi connectivity index (χ3v) is 5.21. The van der Waals surface area contributed by atoms with Crippen LogP contribution < -0.4 is 5.32 Å². The predicted molar refractivity (Wildman–Crippen MR) is 100 cm³/mol. The van der Waals surface area contributed by atoms with E-state index in [1.165, 1.54) is 11.1 Å². The Morgan fingerprint density at radius 3 is 1.62 bits per heavy atom. The van der Waals surface area contributed by atoms with E-state index < -0.39 is 0 Å². The van der Waals surface area contributed by atoms with Gasteiger partial charge in [-0.05, 0) is 56.6 Å². The lowest BCUT2D eigenvalue weighted by atomic mass is 9.70. The van der Waals surface area contributed by atoms with E-state index in [0.29, 0.717) is 5.92 Å². The average molecular weight is 323 g/mol. The van der Waals surface area contributed by atoms with Crippen molar-refractivity contribution in [2.24, 2.45) is 5.92 Å². The normalized spacial score (nSPS) is 30.2. The lowest BCUT2D eigenvalue weighted by Crippen LogP contribution is -2.62. The molecule has 128 valence electrons. The molecule has 2 aromatic rings. The molecule has 0 aromatic heterocycles. The summed E-state index contributed by atoms with van der Waals surface area (Å²) in [6, 6.07) is 21.3. The molecule has 0 spiro atoms. The third-order valence-electron chi connectivity index (χ3n) is 5.21. The first kappa shape index (κ1) is 17.2. The maximum absolute atomic E-state index is 9.86. The summed E-state index contributed by atoms with van der Waals surface area (Å²) in [7, 11) is 0. The molecule has 2 atom stereocenters. The molecule has 1 fully saturated rings. The molecule has 1 aliphatic heterocycles. The SMILES string of the molecule is CC1(Cc2ccccc2)CC(CO)CC(C)(Cc2ccccc2)N1. The van der Waals surface area contributed by atoms with Crippen molar-refractivity contribution in [2.45, 2.75) is 50.6 Å². The Labute approximate surface area is 145 Å². The zero-order valence-corrected chi connectivity index (χ0v) is 14.8. The third kappa shape index (κ3) is 4.25. The van der Waals surface area contributed by atoms with Crippen LogP contribution in [-0.4, -0.2) is 22.8 Å². The van der Waals surface area contributed by atoms with E-state index in [1.54, 1.807) is 0 Å². The molecule has 1 heterocycles. The molecule has 1 saturated heterocycles. The van der Waals surface area contributed by atoms with Gasteiger partial charge < -0.3 is 10.4 Å². The van der Waals surface area contributed by atoms with Gasteiger partial charge in [-0.2, -0.15) is 0 Å². The highest BCUT2D eigenvalue weighted by Gasteiger charge is 2.42. The summed E-state index contributed by atoms with van der Waals surface area (Å²) in [4.78, 5) is 0. The zero-order valence-electron chi connectivity index (χ0n) is 14.8. The van der Waals surface area contributed by atoms with Crippen LogP contribution in [0.4, 0.5) is 0 Å². The summed E-state index contributed by atoms with van der Waals surface area (Å²) in [5, 5.41) is 13.8. The fourth-order valence-corrected chi connectivity index (χ4v) is 4.63. The number of benzene rings is 2. The number of rotatable bonds is 5. The van der Waals surface area contributed by atoms with E-state index in [4.69, 9.17) is 0 Å². The van der Waals surface area contributed by atoms with Crippen molar-refractivity contribution in [2.75, 3.05) is 6.61 Å². The second-order valence-electron chi connectivity index (χ2n) is 8.03. The number of hydrogen-bond acceptors (Lipinski definition) is 2. The van der Waals surface area contributed by atoms with Crippen LogP contribution in [0.1, 0.15) is 37.8 Å². The van der Waals surface area contributed by atoms with Crippen molar-refractivity contribution in [3.8, 4) is 0 Å². The number of piperidine rings is 1. The Hall–Kier alpha value is -1.64. The lowest BCUT2D eigenvalue weighted by Gasteiger charge is -2.50. The van der Waals surface area contributed by atoms with E-state index >= 15 is 0 Å². The van der Waals surface area contributed by atoms with E-state index in [1.807, 2.05) is 0 Å². The first-order valence-electron chi connectivity index (χ1n) is 8.98. The largest absolute Gasteiger partial charge is 0.396 e. The van der Waals surface area contributed by atoms with Crippen LogP contribution in [0.15, 0.2) is 60.7 Å². The summed E-state index contributed by atoms with van der Waals surface area (Å²) < 4.78 is 0. The Morgan fingerprint density at radius 2 is 1.25 bits per heavy atom. The van der Waals surface area contributed by atoms with Crippen molar-refractivity contribution in [3.63, 3.8) is 0 Å². The van der Waals surface area contributed by atoms with Crippen molar-refractivity contribution in [1.82, 2.24) is 5.32 Å². The van der Waals surface area contributed by atoms with E-state index in [2.05, 4.69) is 79.8 Å². The maximum atomic E-state index is 9.86. The van der Waals surface area contributed by atoms with E-state index in [0.717, 1.165) is 25.7 Å². The van der Waals surface area contributed by atoms with Gasteiger partial charge in [-0.1, -0.05) is 60.7 Å². The highest BCUT2D eigenvalue weighted by Crippen LogP contribution is 2.36. The maximum Gasteiger partial charge on any atom is 0.0460 e. The summed E-state index contributed by atoms with van der Waals surface area (Å²) in [5.74, 6) is 0.355. The molecule has 0 radical (unpaired) electrons. The Morgan fingerprint density at radius 1 is 0.833 bits per heavy atom. The van der Waals surface area contributed by atoms with Gasteiger partial charge in [0.05, 0.1) is 0 Å². The fraction of sp³-hybridized carbons (Fsp3) is 0.455. The topological polar surface area (TPSA) is 32.3 Å². The molecule has 1 aliphatic rings.